The summed E-state index contributed by atoms with van der Waals surface area (Å²) in [7, 11) is 1.80. The number of piperidine rings is 1. The summed E-state index contributed by atoms with van der Waals surface area (Å²) in [5.74, 6) is 0.846. The van der Waals surface area contributed by atoms with Gasteiger partial charge in [0.25, 0.3) is 0 Å². The van der Waals surface area contributed by atoms with Crippen molar-refractivity contribution in [2.75, 3.05) is 46.6 Å². The smallest absolute Gasteiger partial charge is 0.0832 e. The largest absolute Gasteiger partial charge is 0.381 e. The fourth-order valence-electron chi connectivity index (χ4n) is 3.74. The molecule has 0 aromatic rings. The number of likely N-dealkylation sites (tertiary alicyclic amines) is 1. The predicted octanol–water partition coefficient (Wildman–Crippen LogP) is 1.68. The van der Waals surface area contributed by atoms with Gasteiger partial charge in [-0.15, -0.1) is 0 Å². The molecule has 3 saturated heterocycles. The minimum atomic E-state index is 0.132. The summed E-state index contributed by atoms with van der Waals surface area (Å²) in [6.07, 6.45) is 6.25. The Balaban J connectivity index is 1.44. The normalized spacial score (nSPS) is 33.0. The van der Waals surface area contributed by atoms with Gasteiger partial charge in [-0.3, -0.25) is 0 Å². The van der Waals surface area contributed by atoms with E-state index in [1.165, 1.54) is 45.3 Å². The van der Waals surface area contributed by atoms with Crippen molar-refractivity contribution in [3.8, 4) is 0 Å². The van der Waals surface area contributed by atoms with E-state index in [4.69, 9.17) is 14.2 Å². The van der Waals surface area contributed by atoms with Crippen LogP contribution in [0.1, 0.15) is 32.1 Å². The molecule has 0 radical (unpaired) electrons. The van der Waals surface area contributed by atoms with Crippen LogP contribution in [0.3, 0.4) is 0 Å². The van der Waals surface area contributed by atoms with E-state index in [9.17, 15) is 0 Å². The van der Waals surface area contributed by atoms with Gasteiger partial charge in [0, 0.05) is 46.4 Å². The lowest BCUT2D eigenvalue weighted by Crippen LogP contribution is -2.46. The Labute approximate surface area is 116 Å². The predicted molar refractivity (Wildman–Crippen MR) is 73.3 cm³/mol. The molecule has 0 saturated carbocycles. The second-order valence-corrected chi connectivity index (χ2v) is 6.41. The van der Waals surface area contributed by atoms with Crippen LogP contribution in [0.2, 0.25) is 0 Å². The van der Waals surface area contributed by atoms with Crippen LogP contribution in [0, 0.1) is 5.92 Å². The average molecular weight is 269 g/mol. The summed E-state index contributed by atoms with van der Waals surface area (Å²) in [6, 6.07) is 0. The van der Waals surface area contributed by atoms with E-state index >= 15 is 0 Å². The zero-order chi connectivity index (χ0) is 13.1. The van der Waals surface area contributed by atoms with Crippen molar-refractivity contribution >= 4 is 0 Å². The van der Waals surface area contributed by atoms with Gasteiger partial charge in [-0.25, -0.2) is 0 Å². The maximum atomic E-state index is 6.05. The summed E-state index contributed by atoms with van der Waals surface area (Å²) in [5.41, 5.74) is 0.132. The van der Waals surface area contributed by atoms with Gasteiger partial charge in [0.2, 0.25) is 0 Å². The average Bonchev–Trinajstić information content (AvgIpc) is 2.86. The minimum absolute atomic E-state index is 0.132. The van der Waals surface area contributed by atoms with Gasteiger partial charge in [0.1, 0.15) is 0 Å². The molecule has 4 heteroatoms. The first-order chi connectivity index (χ1) is 9.30. The summed E-state index contributed by atoms with van der Waals surface area (Å²) in [5, 5.41) is 0. The molecule has 0 aromatic carbocycles. The molecule has 1 atom stereocenters. The molecule has 3 aliphatic rings. The van der Waals surface area contributed by atoms with E-state index in [0.29, 0.717) is 6.10 Å². The molecule has 3 rings (SSSR count). The number of ether oxygens (including phenoxy) is 3. The fraction of sp³-hybridized carbons (Fsp3) is 1.00. The number of hydrogen-bond acceptors (Lipinski definition) is 4. The monoisotopic (exact) mass is 269 g/mol. The molecule has 3 heterocycles. The number of rotatable bonds is 3. The molecule has 0 amide bonds. The topological polar surface area (TPSA) is 30.9 Å². The van der Waals surface area contributed by atoms with Crippen LogP contribution in [-0.4, -0.2) is 63.2 Å². The molecular formula is C15H27NO3. The van der Waals surface area contributed by atoms with Crippen molar-refractivity contribution in [3.63, 3.8) is 0 Å². The van der Waals surface area contributed by atoms with Crippen LogP contribution in [0.15, 0.2) is 0 Å². The van der Waals surface area contributed by atoms with E-state index in [-0.39, 0.29) is 5.60 Å². The second-order valence-electron chi connectivity index (χ2n) is 6.41. The molecule has 3 fully saturated rings. The third-order valence-corrected chi connectivity index (χ3v) is 5.13. The Morgan fingerprint density at radius 3 is 2.58 bits per heavy atom. The fourth-order valence-corrected chi connectivity index (χ4v) is 3.74. The molecule has 110 valence electrons. The van der Waals surface area contributed by atoms with Gasteiger partial charge in [0.05, 0.1) is 18.3 Å². The highest BCUT2D eigenvalue weighted by Crippen LogP contribution is 2.37. The Kier molecular flexibility index (Phi) is 4.42. The second kappa shape index (κ2) is 6.08. The van der Waals surface area contributed by atoms with Crippen LogP contribution < -0.4 is 0 Å². The van der Waals surface area contributed by atoms with Gasteiger partial charge >= 0.3 is 0 Å². The Bertz CT molecular complexity index is 283. The lowest BCUT2D eigenvalue weighted by atomic mass is 9.87. The van der Waals surface area contributed by atoms with E-state index < -0.39 is 0 Å². The highest BCUT2D eigenvalue weighted by Gasteiger charge is 2.42. The molecule has 19 heavy (non-hydrogen) atoms. The van der Waals surface area contributed by atoms with Crippen LogP contribution in [-0.2, 0) is 14.2 Å². The third-order valence-electron chi connectivity index (χ3n) is 5.13. The molecule has 3 aliphatic heterocycles. The maximum absolute atomic E-state index is 6.05. The van der Waals surface area contributed by atoms with Crippen molar-refractivity contribution in [3.05, 3.63) is 0 Å². The van der Waals surface area contributed by atoms with Crippen LogP contribution in [0.4, 0.5) is 0 Å². The molecule has 0 bridgehead atoms. The molecule has 0 aliphatic carbocycles. The maximum Gasteiger partial charge on any atom is 0.0832 e. The molecule has 1 spiro atoms. The number of nitrogens with zero attached hydrogens (tertiary/aromatic N) is 1. The number of methoxy groups -OCH3 is 1. The quantitative estimate of drug-likeness (QED) is 0.780. The van der Waals surface area contributed by atoms with Gasteiger partial charge in [0.15, 0.2) is 0 Å². The lowest BCUT2D eigenvalue weighted by molar-refractivity contribution is -0.0496. The summed E-state index contributed by atoms with van der Waals surface area (Å²) >= 11 is 0. The van der Waals surface area contributed by atoms with E-state index in [1.807, 2.05) is 0 Å². The van der Waals surface area contributed by atoms with Crippen molar-refractivity contribution in [2.45, 2.75) is 43.8 Å². The zero-order valence-corrected chi connectivity index (χ0v) is 12.1. The molecular weight excluding hydrogens is 242 g/mol. The Morgan fingerprint density at radius 1 is 1.21 bits per heavy atom. The first-order valence-corrected chi connectivity index (χ1v) is 7.76. The van der Waals surface area contributed by atoms with Gasteiger partial charge in [-0.05, 0) is 31.6 Å². The summed E-state index contributed by atoms with van der Waals surface area (Å²) in [6.45, 7) is 6.34. The van der Waals surface area contributed by atoms with Crippen molar-refractivity contribution < 1.29 is 14.2 Å². The van der Waals surface area contributed by atoms with E-state index in [2.05, 4.69) is 4.90 Å². The molecule has 0 unspecified atom stereocenters. The standard InChI is InChI=1S/C15H27NO3/c1-17-14-10-15(19-12-14)4-6-16(7-5-15)11-13-2-8-18-9-3-13/h13-14H,2-12H2,1H3/t14-/m0/s1. The summed E-state index contributed by atoms with van der Waals surface area (Å²) < 4.78 is 16.9. The van der Waals surface area contributed by atoms with Gasteiger partial charge in [-0.2, -0.15) is 0 Å². The highest BCUT2D eigenvalue weighted by atomic mass is 16.6. The molecule has 4 nitrogen and oxygen atoms in total. The molecule has 0 N–H and O–H groups in total. The van der Waals surface area contributed by atoms with Crippen molar-refractivity contribution in [1.82, 2.24) is 4.90 Å². The minimum Gasteiger partial charge on any atom is -0.381 e. The zero-order valence-electron chi connectivity index (χ0n) is 12.1. The lowest BCUT2D eigenvalue weighted by Gasteiger charge is -2.40. The highest BCUT2D eigenvalue weighted by molar-refractivity contribution is 4.94. The van der Waals surface area contributed by atoms with E-state index in [1.54, 1.807) is 7.11 Å². The van der Waals surface area contributed by atoms with E-state index in [0.717, 1.165) is 32.2 Å². The molecule has 0 aromatic heterocycles. The van der Waals surface area contributed by atoms with Crippen LogP contribution in [0.5, 0.6) is 0 Å². The Hall–Kier alpha value is -0.160. The third kappa shape index (κ3) is 3.30. The number of hydrogen-bond donors (Lipinski definition) is 0. The van der Waals surface area contributed by atoms with Crippen molar-refractivity contribution in [1.29, 1.82) is 0 Å². The van der Waals surface area contributed by atoms with Gasteiger partial charge < -0.3 is 19.1 Å². The van der Waals surface area contributed by atoms with Crippen molar-refractivity contribution in [2.24, 2.45) is 5.92 Å². The van der Waals surface area contributed by atoms with Crippen LogP contribution >= 0.6 is 0 Å². The SMILES string of the molecule is CO[C@@H]1COC2(CCN(CC3CCOCC3)CC2)C1. The van der Waals surface area contributed by atoms with Gasteiger partial charge in [-0.1, -0.05) is 0 Å². The Morgan fingerprint density at radius 2 is 1.95 bits per heavy atom. The van der Waals surface area contributed by atoms with Crippen LogP contribution in [0.25, 0.3) is 0 Å². The summed E-state index contributed by atoms with van der Waals surface area (Å²) in [4.78, 5) is 2.63. The first kappa shape index (κ1) is 13.8. The first-order valence-electron chi connectivity index (χ1n) is 7.76.